The highest BCUT2D eigenvalue weighted by Crippen LogP contribution is 2.14. The molecule has 1 aromatic rings. The minimum atomic E-state index is -0.422. The number of carbonyl (C=O) groups is 2. The number of carbonyl (C=O) groups excluding carboxylic acids is 2. The van der Waals surface area contributed by atoms with Crippen molar-refractivity contribution in [2.24, 2.45) is 0 Å². The van der Waals surface area contributed by atoms with E-state index in [9.17, 15) is 9.59 Å². The lowest BCUT2D eigenvalue weighted by atomic mass is 10.3. The maximum absolute atomic E-state index is 12.0. The van der Waals surface area contributed by atoms with Crippen LogP contribution >= 0.6 is 11.3 Å². The number of hydrogen-bond acceptors (Lipinski definition) is 6. The van der Waals surface area contributed by atoms with Gasteiger partial charge in [-0.1, -0.05) is 6.92 Å². The van der Waals surface area contributed by atoms with Crippen molar-refractivity contribution >= 4 is 23.2 Å². The third-order valence-corrected chi connectivity index (χ3v) is 3.77. The summed E-state index contributed by atoms with van der Waals surface area (Å²) in [5.74, 6) is -0.348. The van der Waals surface area contributed by atoms with Gasteiger partial charge in [-0.2, -0.15) is 0 Å². The van der Waals surface area contributed by atoms with Gasteiger partial charge in [-0.15, -0.1) is 11.3 Å². The Morgan fingerprint density at radius 1 is 1.27 bits per heavy atom. The lowest BCUT2D eigenvalue weighted by Gasteiger charge is -2.21. The molecule has 0 atom stereocenters. The van der Waals surface area contributed by atoms with E-state index in [2.05, 4.69) is 4.98 Å². The lowest BCUT2D eigenvalue weighted by Crippen LogP contribution is -2.31. The van der Waals surface area contributed by atoms with Crippen LogP contribution in [0.4, 0.5) is 0 Å². The first kappa shape index (κ1) is 18.6. The number of rotatable bonds is 10. The quantitative estimate of drug-likeness (QED) is 0.487. The zero-order valence-electron chi connectivity index (χ0n) is 13.5. The van der Waals surface area contributed by atoms with E-state index in [0.717, 1.165) is 11.4 Å². The molecule has 0 aliphatic carbocycles. The monoisotopic (exact) mass is 328 g/mol. The van der Waals surface area contributed by atoms with E-state index in [1.807, 2.05) is 13.8 Å². The third-order valence-electron chi connectivity index (χ3n) is 2.94. The summed E-state index contributed by atoms with van der Waals surface area (Å²) in [7, 11) is 0. The van der Waals surface area contributed by atoms with Crippen LogP contribution in [0.5, 0.6) is 0 Å². The molecular formula is C15H24N2O4S. The van der Waals surface area contributed by atoms with E-state index >= 15 is 0 Å². The van der Waals surface area contributed by atoms with Crippen LogP contribution in [-0.2, 0) is 20.8 Å². The second-order valence-electron chi connectivity index (χ2n) is 4.57. The Hall–Kier alpha value is -1.47. The second kappa shape index (κ2) is 10.3. The highest BCUT2D eigenvalue weighted by Gasteiger charge is 2.16. The van der Waals surface area contributed by atoms with Gasteiger partial charge in [0.1, 0.15) is 5.01 Å². The van der Waals surface area contributed by atoms with Crippen molar-refractivity contribution < 1.29 is 19.1 Å². The number of aromatic nitrogens is 1. The molecule has 1 heterocycles. The topological polar surface area (TPSA) is 68.7 Å². The Kier molecular flexibility index (Phi) is 8.69. The van der Waals surface area contributed by atoms with E-state index in [1.54, 1.807) is 17.2 Å². The zero-order valence-corrected chi connectivity index (χ0v) is 14.3. The van der Waals surface area contributed by atoms with Gasteiger partial charge in [-0.05, 0) is 20.3 Å². The molecule has 0 aliphatic rings. The molecule has 0 aliphatic heterocycles. The number of thiazole rings is 1. The van der Waals surface area contributed by atoms with Crippen LogP contribution in [0.2, 0.25) is 0 Å². The first-order valence-corrected chi connectivity index (χ1v) is 8.47. The standard InChI is InChI=1S/C15H24N2O4S/c1-4-14(18)17(8-7-9-20-5-2)10-13-16-12(11-22-13)15(19)21-6-3/h11H,4-10H2,1-3H3. The SMILES string of the molecule is CCOCCCN(Cc1nc(C(=O)OCC)cs1)C(=O)CC. The van der Waals surface area contributed by atoms with Crippen molar-refractivity contribution in [3.8, 4) is 0 Å². The molecule has 7 heteroatoms. The molecule has 0 aromatic carbocycles. The lowest BCUT2D eigenvalue weighted by molar-refractivity contribution is -0.131. The second-order valence-corrected chi connectivity index (χ2v) is 5.51. The number of esters is 1. The van der Waals surface area contributed by atoms with Gasteiger partial charge >= 0.3 is 5.97 Å². The van der Waals surface area contributed by atoms with E-state index < -0.39 is 5.97 Å². The molecule has 1 aromatic heterocycles. The number of amides is 1. The average Bonchev–Trinajstić information content (AvgIpc) is 2.98. The predicted molar refractivity (Wildman–Crippen MR) is 84.9 cm³/mol. The summed E-state index contributed by atoms with van der Waals surface area (Å²) in [5.41, 5.74) is 0.306. The summed E-state index contributed by atoms with van der Waals surface area (Å²) in [6.07, 6.45) is 1.24. The van der Waals surface area contributed by atoms with Gasteiger partial charge in [0.15, 0.2) is 5.69 Å². The molecule has 22 heavy (non-hydrogen) atoms. The van der Waals surface area contributed by atoms with Crippen molar-refractivity contribution in [2.45, 2.75) is 40.2 Å². The normalized spacial score (nSPS) is 10.5. The fourth-order valence-corrected chi connectivity index (χ4v) is 2.64. The molecule has 124 valence electrons. The highest BCUT2D eigenvalue weighted by molar-refractivity contribution is 7.09. The Labute approximate surface area is 135 Å². The molecule has 0 fully saturated rings. The summed E-state index contributed by atoms with van der Waals surface area (Å²) in [4.78, 5) is 29.6. The van der Waals surface area contributed by atoms with Gasteiger partial charge in [0, 0.05) is 31.6 Å². The number of nitrogens with zero attached hydrogens (tertiary/aromatic N) is 2. The van der Waals surface area contributed by atoms with Crippen molar-refractivity contribution in [1.29, 1.82) is 0 Å². The smallest absolute Gasteiger partial charge is 0.357 e. The van der Waals surface area contributed by atoms with E-state index in [1.165, 1.54) is 11.3 Å². The van der Waals surface area contributed by atoms with Crippen molar-refractivity contribution in [3.63, 3.8) is 0 Å². The predicted octanol–water partition coefficient (Wildman–Crippen LogP) is 2.49. The Morgan fingerprint density at radius 3 is 2.68 bits per heavy atom. The minimum Gasteiger partial charge on any atom is -0.461 e. The Morgan fingerprint density at radius 2 is 2.05 bits per heavy atom. The summed E-state index contributed by atoms with van der Waals surface area (Å²) in [6, 6.07) is 0. The van der Waals surface area contributed by atoms with E-state index in [4.69, 9.17) is 9.47 Å². The van der Waals surface area contributed by atoms with Gasteiger partial charge in [-0.3, -0.25) is 4.79 Å². The molecular weight excluding hydrogens is 304 g/mol. The summed E-state index contributed by atoms with van der Waals surface area (Å²) < 4.78 is 10.2. The fourth-order valence-electron chi connectivity index (χ4n) is 1.86. The number of ether oxygens (including phenoxy) is 2. The highest BCUT2D eigenvalue weighted by atomic mass is 32.1. The molecule has 1 rings (SSSR count). The largest absolute Gasteiger partial charge is 0.461 e. The van der Waals surface area contributed by atoms with Gasteiger partial charge < -0.3 is 14.4 Å². The van der Waals surface area contributed by atoms with Crippen LogP contribution in [0.25, 0.3) is 0 Å². The van der Waals surface area contributed by atoms with Gasteiger partial charge in [0.2, 0.25) is 5.91 Å². The first-order valence-electron chi connectivity index (χ1n) is 7.59. The summed E-state index contributed by atoms with van der Waals surface area (Å²) >= 11 is 1.37. The number of hydrogen-bond donors (Lipinski definition) is 0. The molecule has 0 radical (unpaired) electrons. The van der Waals surface area contributed by atoms with Crippen LogP contribution in [0, 0.1) is 0 Å². The van der Waals surface area contributed by atoms with Crippen LogP contribution in [0.15, 0.2) is 5.38 Å². The van der Waals surface area contributed by atoms with Gasteiger partial charge in [0.05, 0.1) is 13.2 Å². The Bertz CT molecular complexity index is 476. The average molecular weight is 328 g/mol. The molecule has 1 amide bonds. The van der Waals surface area contributed by atoms with Crippen molar-refractivity contribution in [2.75, 3.05) is 26.4 Å². The van der Waals surface area contributed by atoms with Crippen LogP contribution in [0.1, 0.15) is 49.1 Å². The summed E-state index contributed by atoms with van der Waals surface area (Å²) in [5, 5.41) is 2.41. The maximum Gasteiger partial charge on any atom is 0.357 e. The molecule has 0 unspecified atom stereocenters. The van der Waals surface area contributed by atoms with Crippen LogP contribution < -0.4 is 0 Å². The first-order chi connectivity index (χ1) is 10.6. The molecule has 0 saturated carbocycles. The fraction of sp³-hybridized carbons (Fsp3) is 0.667. The van der Waals surface area contributed by atoms with E-state index in [-0.39, 0.29) is 5.91 Å². The molecule has 0 N–H and O–H groups in total. The molecule has 0 bridgehead atoms. The van der Waals surface area contributed by atoms with Crippen molar-refractivity contribution in [1.82, 2.24) is 9.88 Å². The van der Waals surface area contributed by atoms with Crippen LogP contribution in [0.3, 0.4) is 0 Å². The minimum absolute atomic E-state index is 0.0735. The zero-order chi connectivity index (χ0) is 16.4. The Balaban J connectivity index is 2.61. The molecule has 0 spiro atoms. The third kappa shape index (κ3) is 6.11. The summed E-state index contributed by atoms with van der Waals surface area (Å²) in [6.45, 7) is 8.22. The van der Waals surface area contributed by atoms with Gasteiger partial charge in [-0.25, -0.2) is 9.78 Å². The molecule has 6 nitrogen and oxygen atoms in total. The maximum atomic E-state index is 12.0. The van der Waals surface area contributed by atoms with E-state index in [0.29, 0.717) is 45.0 Å². The van der Waals surface area contributed by atoms with Crippen LogP contribution in [-0.4, -0.2) is 48.1 Å². The van der Waals surface area contributed by atoms with Gasteiger partial charge in [0.25, 0.3) is 0 Å². The van der Waals surface area contributed by atoms with Crippen molar-refractivity contribution in [3.05, 3.63) is 16.1 Å². The molecule has 0 saturated heterocycles.